The normalized spacial score (nSPS) is 26.0. The molecule has 0 bridgehead atoms. The minimum absolute atomic E-state index is 0.212. The molecule has 0 aliphatic carbocycles. The first-order valence-corrected chi connectivity index (χ1v) is 13.4. The van der Waals surface area contributed by atoms with Gasteiger partial charge in [0.25, 0.3) is 0 Å². The van der Waals surface area contributed by atoms with Crippen molar-refractivity contribution in [2.24, 2.45) is 0 Å². The van der Waals surface area contributed by atoms with Gasteiger partial charge in [-0.05, 0) is 26.7 Å². The Balaban J connectivity index is 3.39. The highest BCUT2D eigenvalue weighted by molar-refractivity contribution is 7.55. The third-order valence-corrected chi connectivity index (χ3v) is 7.45. The summed E-state index contributed by atoms with van der Waals surface area (Å²) in [5.74, 6) is -0.580. The zero-order valence-corrected chi connectivity index (χ0v) is 21.7. The quantitative estimate of drug-likeness (QED) is 0.129. The summed E-state index contributed by atoms with van der Waals surface area (Å²) >= 11 is 0. The van der Waals surface area contributed by atoms with E-state index in [0.29, 0.717) is 13.0 Å². The van der Waals surface area contributed by atoms with Crippen LogP contribution in [0.5, 0.6) is 0 Å². The molecule has 0 saturated carbocycles. The maximum atomic E-state index is 15.6. The Bertz CT molecular complexity index is 631. The molecule has 0 amide bonds. The highest BCUT2D eigenvalue weighted by atomic mass is 31.2. The third kappa shape index (κ3) is 8.25. The monoisotopic (exact) mass is 500 g/mol. The SMILES string of the molecule is B[C@@H]1O[C@](COCCCC)(CC(F)(F)P(=O)(OCC)OCC)C(OCCCC)[C@@H]1OC(C)=O. The van der Waals surface area contributed by atoms with Crippen LogP contribution in [-0.4, -0.2) is 76.3 Å². The molecule has 1 heterocycles. The van der Waals surface area contributed by atoms with Gasteiger partial charge < -0.3 is 28.0 Å². The minimum atomic E-state index is -4.82. The van der Waals surface area contributed by atoms with Crippen molar-refractivity contribution in [1.82, 2.24) is 0 Å². The van der Waals surface area contributed by atoms with Crippen molar-refractivity contribution in [2.75, 3.05) is 33.0 Å². The Hall–Kier alpha value is -0.575. The van der Waals surface area contributed by atoms with Crippen molar-refractivity contribution in [3.8, 4) is 0 Å². The molecule has 0 aromatic rings. The van der Waals surface area contributed by atoms with Gasteiger partial charge in [0.05, 0.1) is 32.2 Å². The number of alkyl halides is 2. The van der Waals surface area contributed by atoms with Gasteiger partial charge in [-0.2, -0.15) is 8.78 Å². The number of hydrogen-bond acceptors (Lipinski definition) is 8. The fraction of sp³-hybridized carbons (Fsp3) is 0.952. The average Bonchev–Trinajstić information content (AvgIpc) is 2.96. The van der Waals surface area contributed by atoms with Crippen LogP contribution in [0.3, 0.4) is 0 Å². The molecule has 8 nitrogen and oxygen atoms in total. The average molecular weight is 500 g/mol. The van der Waals surface area contributed by atoms with Gasteiger partial charge in [-0.1, -0.05) is 26.7 Å². The molecule has 1 fully saturated rings. The Morgan fingerprint density at radius 3 is 2.18 bits per heavy atom. The van der Waals surface area contributed by atoms with Crippen LogP contribution in [0.4, 0.5) is 8.78 Å². The van der Waals surface area contributed by atoms with E-state index in [4.69, 9.17) is 28.0 Å². The van der Waals surface area contributed by atoms with Crippen molar-refractivity contribution in [2.45, 2.75) is 96.2 Å². The van der Waals surface area contributed by atoms with E-state index in [9.17, 15) is 9.36 Å². The molecule has 0 N–H and O–H groups in total. The summed E-state index contributed by atoms with van der Waals surface area (Å²) in [5.41, 5.74) is -5.63. The maximum Gasteiger partial charge on any atom is 0.399 e. The summed E-state index contributed by atoms with van der Waals surface area (Å²) in [4.78, 5) is 11.7. The van der Waals surface area contributed by atoms with E-state index in [1.54, 1.807) is 7.85 Å². The van der Waals surface area contributed by atoms with Crippen LogP contribution in [0, 0.1) is 0 Å². The molecule has 1 rings (SSSR count). The molecule has 1 unspecified atom stereocenters. The zero-order chi connectivity index (χ0) is 25.1. The fourth-order valence-corrected chi connectivity index (χ4v) is 5.42. The second kappa shape index (κ2) is 14.1. The summed E-state index contributed by atoms with van der Waals surface area (Å²) in [6, 6.07) is -0.746. The minimum Gasteiger partial charge on any atom is -0.458 e. The summed E-state index contributed by atoms with van der Waals surface area (Å²) in [6.07, 6.45) is 0.0703. The van der Waals surface area contributed by atoms with E-state index in [0.717, 1.165) is 19.3 Å². The van der Waals surface area contributed by atoms with Crippen LogP contribution >= 0.6 is 7.60 Å². The molecule has 0 spiro atoms. The van der Waals surface area contributed by atoms with Crippen molar-refractivity contribution in [1.29, 1.82) is 0 Å². The smallest absolute Gasteiger partial charge is 0.399 e. The molecule has 0 radical (unpaired) electrons. The summed E-state index contributed by atoms with van der Waals surface area (Å²) in [5, 5.41) is 0. The zero-order valence-electron chi connectivity index (χ0n) is 20.8. The van der Waals surface area contributed by atoms with E-state index in [2.05, 4.69) is 0 Å². The van der Waals surface area contributed by atoms with Gasteiger partial charge in [0, 0.05) is 20.1 Å². The Labute approximate surface area is 197 Å². The van der Waals surface area contributed by atoms with Crippen LogP contribution in [0.15, 0.2) is 0 Å². The van der Waals surface area contributed by atoms with Crippen LogP contribution in [0.25, 0.3) is 0 Å². The molecular formula is C21H40BF2O8P. The van der Waals surface area contributed by atoms with Crippen LogP contribution in [0.2, 0.25) is 0 Å². The van der Waals surface area contributed by atoms with E-state index < -0.39 is 49.5 Å². The largest absolute Gasteiger partial charge is 0.458 e. The lowest BCUT2D eigenvalue weighted by Crippen LogP contribution is -2.52. The number of halogens is 2. The lowest BCUT2D eigenvalue weighted by molar-refractivity contribution is -0.170. The number of carbonyl (C=O) groups excluding carboxylic acids is 1. The van der Waals surface area contributed by atoms with Gasteiger partial charge in [-0.25, -0.2) is 0 Å². The molecule has 12 heteroatoms. The van der Waals surface area contributed by atoms with Gasteiger partial charge in [-0.15, -0.1) is 0 Å². The lowest BCUT2D eigenvalue weighted by atomic mass is 9.87. The third-order valence-electron chi connectivity index (χ3n) is 5.30. The van der Waals surface area contributed by atoms with Crippen molar-refractivity contribution < 1.29 is 46.1 Å². The Kier molecular flexibility index (Phi) is 13.0. The number of carbonyl (C=O) groups is 1. The second-order valence-electron chi connectivity index (χ2n) is 8.19. The first-order valence-electron chi connectivity index (χ1n) is 11.8. The van der Waals surface area contributed by atoms with Crippen LogP contribution in [0.1, 0.15) is 66.7 Å². The van der Waals surface area contributed by atoms with Crippen molar-refractivity contribution in [3.05, 3.63) is 0 Å². The highest BCUT2D eigenvalue weighted by Crippen LogP contribution is 2.65. The van der Waals surface area contributed by atoms with E-state index in [1.807, 2.05) is 13.8 Å². The van der Waals surface area contributed by atoms with Crippen molar-refractivity contribution in [3.63, 3.8) is 0 Å². The first-order chi connectivity index (χ1) is 15.5. The van der Waals surface area contributed by atoms with E-state index in [1.165, 1.54) is 20.8 Å². The fourth-order valence-electron chi connectivity index (χ4n) is 3.82. The Morgan fingerprint density at radius 2 is 1.67 bits per heavy atom. The van der Waals surface area contributed by atoms with E-state index >= 15 is 8.78 Å². The van der Waals surface area contributed by atoms with Crippen LogP contribution in [-0.2, 0) is 37.4 Å². The molecule has 1 saturated heterocycles. The standard InChI is InChI=1S/C21H40BF2O8P/c1-6-10-12-27-15-20(14-21(23,24)33(26,29-8-3)30-9-4)18(28-13-11-7-2)17(19(22)32-20)31-16(5)25/h17-19H,6-15,22H2,1-5H3/t17-,18?,19+,20-/m0/s1. The molecule has 0 aromatic heterocycles. The van der Waals surface area contributed by atoms with Gasteiger partial charge >= 0.3 is 19.2 Å². The summed E-state index contributed by atoms with van der Waals surface area (Å²) in [6.45, 7) is 8.03. The molecule has 33 heavy (non-hydrogen) atoms. The van der Waals surface area contributed by atoms with Gasteiger partial charge in [0.2, 0.25) is 0 Å². The first kappa shape index (κ1) is 30.5. The molecule has 1 aliphatic heterocycles. The molecule has 4 atom stereocenters. The number of unbranched alkanes of at least 4 members (excludes halogenated alkanes) is 2. The lowest BCUT2D eigenvalue weighted by Gasteiger charge is -2.38. The number of esters is 1. The van der Waals surface area contributed by atoms with E-state index in [-0.39, 0.29) is 26.4 Å². The maximum absolute atomic E-state index is 15.6. The molecule has 1 aliphatic rings. The number of hydrogen-bond donors (Lipinski definition) is 0. The van der Waals surface area contributed by atoms with Gasteiger partial charge in [-0.3, -0.25) is 9.36 Å². The Morgan fingerprint density at radius 1 is 1.09 bits per heavy atom. The highest BCUT2D eigenvalue weighted by Gasteiger charge is 2.65. The topological polar surface area (TPSA) is 89.5 Å². The summed E-state index contributed by atoms with van der Waals surface area (Å²) < 4.78 is 77.3. The van der Waals surface area contributed by atoms with Crippen molar-refractivity contribution >= 4 is 21.4 Å². The number of rotatable bonds is 17. The van der Waals surface area contributed by atoms with Gasteiger partial charge in [0.1, 0.15) is 25.7 Å². The summed E-state index contributed by atoms with van der Waals surface area (Å²) in [7, 11) is -3.19. The predicted octanol–water partition coefficient (Wildman–Crippen LogP) is 3.90. The van der Waals surface area contributed by atoms with Gasteiger partial charge in [0.15, 0.2) is 0 Å². The van der Waals surface area contributed by atoms with Crippen LogP contribution < -0.4 is 0 Å². The molecule has 194 valence electrons. The molecular weight excluding hydrogens is 460 g/mol. The predicted molar refractivity (Wildman–Crippen MR) is 122 cm³/mol. The second-order valence-corrected chi connectivity index (χ2v) is 10.4. The number of ether oxygens (including phenoxy) is 4. The molecule has 0 aromatic carbocycles.